The number of sulfonamides is 1. The lowest BCUT2D eigenvalue weighted by atomic mass is 9.91. The van der Waals surface area contributed by atoms with Crippen molar-refractivity contribution in [2.75, 3.05) is 20.3 Å². The van der Waals surface area contributed by atoms with Crippen LogP contribution in [0.5, 0.6) is 0 Å². The van der Waals surface area contributed by atoms with Crippen molar-refractivity contribution in [2.45, 2.75) is 62.1 Å². The van der Waals surface area contributed by atoms with Crippen LogP contribution in [0.3, 0.4) is 0 Å². The lowest BCUT2D eigenvalue weighted by Crippen LogP contribution is -2.49. The molecule has 37 heavy (non-hydrogen) atoms. The summed E-state index contributed by atoms with van der Waals surface area (Å²) in [6, 6.07) is 9.71. The fourth-order valence-electron chi connectivity index (χ4n) is 5.43. The standard InChI is InChI=1S/C27H30N4O5S/c1-17-12-19(10-11-28-17)22-9-6-18-4-3-5-21(18)23(22)13-25(32)30-37(33,34)26-14-24(27(35-2)15-36-16-27)31(29-26)20-7-8-20/h6,9-12,14,20H,3-5,7-8,13,15-16H2,1-2H3,(H,30,32). The molecule has 0 unspecified atom stereocenters. The molecule has 1 N–H and O–H groups in total. The second-order valence-corrected chi connectivity index (χ2v) is 11.8. The Bertz CT molecular complexity index is 1480. The van der Waals surface area contributed by atoms with Crippen LogP contribution in [0.4, 0.5) is 0 Å². The van der Waals surface area contributed by atoms with Crippen molar-refractivity contribution in [3.05, 3.63) is 64.6 Å². The van der Waals surface area contributed by atoms with Crippen LogP contribution in [0.2, 0.25) is 0 Å². The van der Waals surface area contributed by atoms with Gasteiger partial charge in [-0.15, -0.1) is 0 Å². The van der Waals surface area contributed by atoms with Crippen LogP contribution >= 0.6 is 0 Å². The average Bonchev–Trinajstić information content (AvgIpc) is 3.38. The predicted molar refractivity (Wildman–Crippen MR) is 135 cm³/mol. The quantitative estimate of drug-likeness (QED) is 0.484. The number of methoxy groups -OCH3 is 1. The molecule has 3 aliphatic rings. The molecule has 0 atom stereocenters. The van der Waals surface area contributed by atoms with E-state index in [1.165, 1.54) is 11.6 Å². The summed E-state index contributed by atoms with van der Waals surface area (Å²) >= 11 is 0. The highest BCUT2D eigenvalue weighted by molar-refractivity contribution is 7.90. The van der Waals surface area contributed by atoms with Gasteiger partial charge in [0.05, 0.1) is 31.4 Å². The van der Waals surface area contributed by atoms with Crippen molar-refractivity contribution in [3.8, 4) is 11.1 Å². The summed E-state index contributed by atoms with van der Waals surface area (Å²) in [5.41, 5.74) is 5.99. The zero-order valence-electron chi connectivity index (χ0n) is 21.0. The molecule has 0 radical (unpaired) electrons. The third-order valence-corrected chi connectivity index (χ3v) is 8.85. The third kappa shape index (κ3) is 4.36. The molecule has 3 heterocycles. The molecule has 3 aromatic rings. The molecule has 10 heteroatoms. The van der Waals surface area contributed by atoms with E-state index in [2.05, 4.69) is 20.9 Å². The molecule has 2 aliphatic carbocycles. The summed E-state index contributed by atoms with van der Waals surface area (Å²) in [5.74, 6) is -0.580. The van der Waals surface area contributed by atoms with Gasteiger partial charge >= 0.3 is 0 Å². The Kier molecular flexibility index (Phi) is 5.93. The van der Waals surface area contributed by atoms with E-state index in [0.29, 0.717) is 18.9 Å². The third-order valence-electron chi connectivity index (χ3n) is 7.60. The van der Waals surface area contributed by atoms with E-state index in [1.807, 2.05) is 25.1 Å². The normalized spacial score (nSPS) is 18.3. The van der Waals surface area contributed by atoms with Crippen molar-refractivity contribution < 1.29 is 22.7 Å². The van der Waals surface area contributed by atoms with Gasteiger partial charge in [-0.3, -0.25) is 14.5 Å². The minimum atomic E-state index is -4.18. The number of aryl methyl sites for hydroxylation is 2. The Labute approximate surface area is 216 Å². The highest BCUT2D eigenvalue weighted by Crippen LogP contribution is 2.42. The molecule has 194 valence electrons. The predicted octanol–water partition coefficient (Wildman–Crippen LogP) is 3.00. The van der Waals surface area contributed by atoms with Crippen LogP contribution in [0.1, 0.15) is 53.4 Å². The number of hydrogen-bond acceptors (Lipinski definition) is 7. The largest absolute Gasteiger partial charge is 0.374 e. The molecule has 1 saturated carbocycles. The number of aromatic nitrogens is 3. The number of nitrogens with zero attached hydrogens (tertiary/aromatic N) is 3. The van der Waals surface area contributed by atoms with E-state index in [9.17, 15) is 13.2 Å². The van der Waals surface area contributed by atoms with E-state index < -0.39 is 21.5 Å². The van der Waals surface area contributed by atoms with Crippen LogP contribution < -0.4 is 4.72 Å². The highest BCUT2D eigenvalue weighted by Gasteiger charge is 2.46. The van der Waals surface area contributed by atoms with E-state index in [0.717, 1.165) is 60.1 Å². The highest BCUT2D eigenvalue weighted by atomic mass is 32.2. The minimum Gasteiger partial charge on any atom is -0.374 e. The first kappa shape index (κ1) is 24.3. The number of ether oxygens (including phenoxy) is 2. The Morgan fingerprint density at radius 2 is 2.03 bits per heavy atom. The Balaban J connectivity index is 1.30. The summed E-state index contributed by atoms with van der Waals surface area (Å²) in [6.45, 7) is 2.60. The van der Waals surface area contributed by atoms with E-state index in [4.69, 9.17) is 9.47 Å². The van der Waals surface area contributed by atoms with E-state index in [-0.39, 0.29) is 17.5 Å². The first-order valence-electron chi connectivity index (χ1n) is 12.6. The van der Waals surface area contributed by atoms with Gasteiger partial charge in [-0.05, 0) is 79.0 Å². The molecule has 9 nitrogen and oxygen atoms in total. The lowest BCUT2D eigenvalue weighted by Gasteiger charge is -2.40. The molecule has 6 rings (SSSR count). The number of fused-ring (bicyclic) bond motifs is 1. The number of carbonyl (C=O) groups is 1. The fraction of sp³-hybridized carbons (Fsp3) is 0.444. The maximum Gasteiger partial charge on any atom is 0.283 e. The maximum atomic E-state index is 13.3. The molecular weight excluding hydrogens is 492 g/mol. The number of amides is 1. The zero-order chi connectivity index (χ0) is 25.8. The van der Waals surface area contributed by atoms with Gasteiger partial charge in [0.15, 0.2) is 10.6 Å². The number of hydrogen-bond donors (Lipinski definition) is 1. The van der Waals surface area contributed by atoms with Crippen LogP contribution in [0.15, 0.2) is 41.6 Å². The van der Waals surface area contributed by atoms with Gasteiger partial charge in [0.2, 0.25) is 5.91 Å². The van der Waals surface area contributed by atoms with E-state index in [1.54, 1.807) is 18.0 Å². The number of rotatable bonds is 8. The lowest BCUT2D eigenvalue weighted by molar-refractivity contribution is -0.206. The molecular formula is C27H30N4O5S. The summed E-state index contributed by atoms with van der Waals surface area (Å²) in [7, 11) is -2.59. The Hall–Kier alpha value is -3.08. The van der Waals surface area contributed by atoms with Gasteiger partial charge in [0.1, 0.15) is 0 Å². The molecule has 2 aromatic heterocycles. The Morgan fingerprint density at radius 3 is 2.70 bits per heavy atom. The van der Waals surface area contributed by atoms with Crippen molar-refractivity contribution in [2.24, 2.45) is 0 Å². The average molecular weight is 523 g/mol. The molecule has 0 spiro atoms. The van der Waals surface area contributed by atoms with Crippen molar-refractivity contribution in [3.63, 3.8) is 0 Å². The zero-order valence-corrected chi connectivity index (χ0v) is 21.8. The van der Waals surface area contributed by atoms with Gasteiger partial charge in [0.25, 0.3) is 10.0 Å². The molecule has 1 saturated heterocycles. The molecule has 1 aliphatic heterocycles. The number of benzene rings is 1. The SMILES string of the molecule is COC1(c2cc(S(=O)(=O)NC(=O)Cc3c(-c4ccnc(C)c4)ccc4c3CCC4)nn2C2CC2)COC1. The second kappa shape index (κ2) is 9.04. The van der Waals surface area contributed by atoms with Crippen LogP contribution in [-0.2, 0) is 49.2 Å². The summed E-state index contributed by atoms with van der Waals surface area (Å²) in [6.07, 6.45) is 6.43. The number of pyridine rings is 1. The fourth-order valence-corrected chi connectivity index (χ4v) is 6.36. The number of nitrogens with one attached hydrogen (secondary N) is 1. The molecule has 1 aromatic carbocycles. The van der Waals surface area contributed by atoms with Crippen LogP contribution in [0.25, 0.3) is 11.1 Å². The maximum absolute atomic E-state index is 13.3. The van der Waals surface area contributed by atoms with Crippen molar-refractivity contribution in [1.29, 1.82) is 0 Å². The molecule has 1 amide bonds. The summed E-state index contributed by atoms with van der Waals surface area (Å²) < 4.78 is 41.7. The van der Waals surface area contributed by atoms with Gasteiger partial charge in [-0.25, -0.2) is 4.72 Å². The van der Waals surface area contributed by atoms with E-state index >= 15 is 0 Å². The van der Waals surface area contributed by atoms with Crippen molar-refractivity contribution >= 4 is 15.9 Å². The van der Waals surface area contributed by atoms with Gasteiger partial charge in [-0.1, -0.05) is 12.1 Å². The summed E-state index contributed by atoms with van der Waals surface area (Å²) in [5, 5.41) is 4.23. The van der Waals surface area contributed by atoms with Gasteiger partial charge in [-0.2, -0.15) is 13.5 Å². The molecule has 0 bridgehead atoms. The Morgan fingerprint density at radius 1 is 1.22 bits per heavy atom. The smallest absolute Gasteiger partial charge is 0.283 e. The minimum absolute atomic E-state index is 0.0366. The van der Waals surface area contributed by atoms with Crippen LogP contribution in [0, 0.1) is 6.92 Å². The van der Waals surface area contributed by atoms with Crippen molar-refractivity contribution in [1.82, 2.24) is 19.5 Å². The number of carbonyl (C=O) groups excluding carboxylic acids is 1. The first-order chi connectivity index (χ1) is 17.8. The second-order valence-electron chi connectivity index (χ2n) is 10.2. The van der Waals surface area contributed by atoms with Gasteiger partial charge in [0, 0.05) is 25.1 Å². The van der Waals surface area contributed by atoms with Gasteiger partial charge < -0.3 is 9.47 Å². The summed E-state index contributed by atoms with van der Waals surface area (Å²) in [4.78, 5) is 17.5. The first-order valence-corrected chi connectivity index (χ1v) is 14.1. The van der Waals surface area contributed by atoms with Crippen LogP contribution in [-0.4, -0.2) is 49.4 Å². The molecule has 2 fully saturated rings. The monoisotopic (exact) mass is 522 g/mol. The topological polar surface area (TPSA) is 112 Å².